The van der Waals surface area contributed by atoms with Crippen molar-refractivity contribution in [1.29, 1.82) is 0 Å². The van der Waals surface area contributed by atoms with Crippen LogP contribution in [0.5, 0.6) is 0 Å². The minimum atomic E-state index is 0. The number of aromatic nitrogens is 2. The van der Waals surface area contributed by atoms with Gasteiger partial charge in [-0.1, -0.05) is 37.3 Å². The first-order valence-electron chi connectivity index (χ1n) is 9.81. The number of hydrogen-bond donors (Lipinski definition) is 2. The molecule has 0 saturated carbocycles. The molecule has 0 saturated heterocycles. The Labute approximate surface area is 194 Å². The molecule has 3 aromatic rings. The number of hydrogen-bond acceptors (Lipinski definition) is 3. The van der Waals surface area contributed by atoms with Gasteiger partial charge in [0.15, 0.2) is 5.96 Å². The molecule has 0 radical (unpaired) electrons. The molecule has 1 unspecified atom stereocenters. The Kier molecular flexibility index (Phi) is 10.2. The SMILES string of the molecule is CCNC(=NCc1cccc(Cn2ccnc2)c1)NCC(C)Cc1cccs1.I. The van der Waals surface area contributed by atoms with E-state index in [1.807, 2.05) is 30.1 Å². The van der Waals surface area contributed by atoms with Crippen LogP contribution in [-0.2, 0) is 19.5 Å². The van der Waals surface area contributed by atoms with Gasteiger partial charge in [-0.25, -0.2) is 9.98 Å². The van der Waals surface area contributed by atoms with E-state index in [1.54, 1.807) is 0 Å². The number of rotatable bonds is 9. The van der Waals surface area contributed by atoms with Crippen LogP contribution in [0.3, 0.4) is 0 Å². The second-order valence-electron chi connectivity index (χ2n) is 7.02. The van der Waals surface area contributed by atoms with Crippen molar-refractivity contribution in [3.05, 3.63) is 76.5 Å². The maximum Gasteiger partial charge on any atom is 0.191 e. The number of halogens is 1. The van der Waals surface area contributed by atoms with Gasteiger partial charge >= 0.3 is 0 Å². The summed E-state index contributed by atoms with van der Waals surface area (Å²) < 4.78 is 2.07. The second kappa shape index (κ2) is 12.6. The monoisotopic (exact) mass is 523 g/mol. The highest BCUT2D eigenvalue weighted by Crippen LogP contribution is 2.14. The number of benzene rings is 1. The van der Waals surface area contributed by atoms with E-state index in [9.17, 15) is 0 Å². The third-order valence-corrected chi connectivity index (χ3v) is 5.33. The molecule has 5 nitrogen and oxygen atoms in total. The van der Waals surface area contributed by atoms with Crippen LogP contribution in [0.25, 0.3) is 0 Å². The molecule has 0 aliphatic rings. The molecule has 1 atom stereocenters. The van der Waals surface area contributed by atoms with Crippen molar-refractivity contribution in [2.75, 3.05) is 13.1 Å². The average Bonchev–Trinajstić information content (AvgIpc) is 3.39. The lowest BCUT2D eigenvalue weighted by molar-refractivity contribution is 0.562. The average molecular weight is 523 g/mol. The van der Waals surface area contributed by atoms with Crippen LogP contribution >= 0.6 is 35.3 Å². The van der Waals surface area contributed by atoms with Gasteiger partial charge in [-0.15, -0.1) is 35.3 Å². The molecular weight excluding hydrogens is 493 g/mol. The fourth-order valence-corrected chi connectivity index (χ4v) is 3.91. The molecule has 29 heavy (non-hydrogen) atoms. The van der Waals surface area contributed by atoms with Gasteiger partial charge in [-0.3, -0.25) is 0 Å². The molecule has 2 aromatic heterocycles. The molecule has 1 aromatic carbocycles. The summed E-state index contributed by atoms with van der Waals surface area (Å²) in [6.07, 6.45) is 6.73. The number of guanidine groups is 1. The zero-order valence-corrected chi connectivity index (χ0v) is 20.2. The summed E-state index contributed by atoms with van der Waals surface area (Å²) in [6.45, 7) is 7.62. The molecule has 0 aliphatic carbocycles. The minimum Gasteiger partial charge on any atom is -0.357 e. The largest absolute Gasteiger partial charge is 0.357 e. The Morgan fingerprint density at radius 2 is 2.07 bits per heavy atom. The van der Waals surface area contributed by atoms with Crippen LogP contribution in [0.15, 0.2) is 65.5 Å². The molecule has 2 N–H and O–H groups in total. The Hall–Kier alpha value is -1.87. The molecule has 0 bridgehead atoms. The predicted octanol–water partition coefficient (Wildman–Crippen LogP) is 4.54. The Balaban J connectivity index is 0.00000300. The van der Waals surface area contributed by atoms with E-state index < -0.39 is 0 Å². The predicted molar refractivity (Wildman–Crippen MR) is 133 cm³/mol. The summed E-state index contributed by atoms with van der Waals surface area (Å²) in [5.41, 5.74) is 2.47. The minimum absolute atomic E-state index is 0. The Morgan fingerprint density at radius 3 is 2.79 bits per heavy atom. The zero-order chi connectivity index (χ0) is 19.6. The lowest BCUT2D eigenvalue weighted by atomic mass is 10.1. The van der Waals surface area contributed by atoms with E-state index in [0.717, 1.165) is 32.0 Å². The summed E-state index contributed by atoms with van der Waals surface area (Å²) >= 11 is 1.83. The maximum atomic E-state index is 4.77. The topological polar surface area (TPSA) is 54.2 Å². The van der Waals surface area contributed by atoms with E-state index >= 15 is 0 Å². The number of thiophene rings is 1. The highest BCUT2D eigenvalue weighted by molar-refractivity contribution is 14.0. The van der Waals surface area contributed by atoms with Crippen LogP contribution in [0.2, 0.25) is 0 Å². The van der Waals surface area contributed by atoms with Crippen LogP contribution in [0, 0.1) is 5.92 Å². The van der Waals surface area contributed by atoms with E-state index in [-0.39, 0.29) is 24.0 Å². The van der Waals surface area contributed by atoms with Gasteiger partial charge in [-0.05, 0) is 41.8 Å². The molecule has 0 amide bonds. The smallest absolute Gasteiger partial charge is 0.191 e. The van der Waals surface area contributed by atoms with Crippen LogP contribution in [0.1, 0.15) is 29.9 Å². The first-order valence-corrected chi connectivity index (χ1v) is 10.7. The van der Waals surface area contributed by atoms with E-state index in [4.69, 9.17) is 4.99 Å². The highest BCUT2D eigenvalue weighted by Gasteiger charge is 2.06. The van der Waals surface area contributed by atoms with Crippen molar-refractivity contribution in [2.24, 2.45) is 10.9 Å². The first-order chi connectivity index (χ1) is 13.7. The first kappa shape index (κ1) is 23.4. The molecule has 7 heteroatoms. The van der Waals surface area contributed by atoms with Gasteiger partial charge in [0, 0.05) is 36.9 Å². The van der Waals surface area contributed by atoms with Gasteiger partial charge in [0.25, 0.3) is 0 Å². The van der Waals surface area contributed by atoms with Crippen LogP contribution in [-0.4, -0.2) is 28.6 Å². The normalized spacial score (nSPS) is 12.3. The van der Waals surface area contributed by atoms with E-state index in [2.05, 4.69) is 75.8 Å². The van der Waals surface area contributed by atoms with Crippen molar-refractivity contribution >= 4 is 41.3 Å². The fourth-order valence-electron chi connectivity index (χ4n) is 3.04. The Morgan fingerprint density at radius 1 is 1.21 bits per heavy atom. The number of nitrogens with zero attached hydrogens (tertiary/aromatic N) is 3. The van der Waals surface area contributed by atoms with E-state index in [0.29, 0.717) is 12.5 Å². The molecule has 156 valence electrons. The molecule has 2 heterocycles. The molecule has 0 fully saturated rings. The second-order valence-corrected chi connectivity index (χ2v) is 8.05. The third kappa shape index (κ3) is 8.18. The summed E-state index contributed by atoms with van der Waals surface area (Å²) in [7, 11) is 0. The molecule has 0 aliphatic heterocycles. The van der Waals surface area contributed by atoms with Gasteiger partial charge in [0.2, 0.25) is 0 Å². The maximum absolute atomic E-state index is 4.77. The van der Waals surface area contributed by atoms with Gasteiger partial charge in [-0.2, -0.15) is 0 Å². The lowest BCUT2D eigenvalue weighted by Crippen LogP contribution is -2.39. The van der Waals surface area contributed by atoms with Crippen molar-refractivity contribution in [2.45, 2.75) is 33.4 Å². The number of aliphatic imine (C=N–C) groups is 1. The quantitative estimate of drug-likeness (QED) is 0.246. The van der Waals surface area contributed by atoms with Crippen molar-refractivity contribution in [3.8, 4) is 0 Å². The number of imidazole rings is 1. The van der Waals surface area contributed by atoms with Crippen LogP contribution < -0.4 is 10.6 Å². The summed E-state index contributed by atoms with van der Waals surface area (Å²) in [5, 5.41) is 8.97. The zero-order valence-electron chi connectivity index (χ0n) is 17.0. The van der Waals surface area contributed by atoms with Gasteiger partial charge in [0.1, 0.15) is 0 Å². The summed E-state index contributed by atoms with van der Waals surface area (Å²) in [4.78, 5) is 10.3. The number of nitrogens with one attached hydrogen (secondary N) is 2. The highest BCUT2D eigenvalue weighted by atomic mass is 127. The lowest BCUT2D eigenvalue weighted by Gasteiger charge is -2.15. The third-order valence-electron chi connectivity index (χ3n) is 4.43. The van der Waals surface area contributed by atoms with Gasteiger partial charge in [0.05, 0.1) is 12.9 Å². The molecule has 0 spiro atoms. The molecule has 3 rings (SSSR count). The summed E-state index contributed by atoms with van der Waals surface area (Å²) in [6, 6.07) is 12.9. The molecular formula is C22H30IN5S. The standard InChI is InChI=1S/C22H29N5S.HI/c1-3-24-22(25-14-18(2)12-21-8-5-11-28-21)26-15-19-6-4-7-20(13-19)16-27-10-9-23-17-27;/h4-11,13,17-18H,3,12,14-16H2,1-2H3,(H2,24,25,26);1H. The van der Waals surface area contributed by atoms with Crippen molar-refractivity contribution in [3.63, 3.8) is 0 Å². The van der Waals surface area contributed by atoms with Gasteiger partial charge < -0.3 is 15.2 Å². The fraction of sp³-hybridized carbons (Fsp3) is 0.364. The van der Waals surface area contributed by atoms with Crippen molar-refractivity contribution in [1.82, 2.24) is 20.2 Å². The van der Waals surface area contributed by atoms with E-state index in [1.165, 1.54) is 16.0 Å². The Bertz CT molecular complexity index is 846. The van der Waals surface area contributed by atoms with Crippen molar-refractivity contribution < 1.29 is 0 Å². The summed E-state index contributed by atoms with van der Waals surface area (Å²) in [5.74, 6) is 1.43. The van der Waals surface area contributed by atoms with Crippen LogP contribution in [0.4, 0.5) is 0 Å².